The van der Waals surface area contributed by atoms with Crippen LogP contribution in [0.4, 0.5) is 11.4 Å². The molecule has 1 heterocycles. The fraction of sp³-hybridized carbons (Fsp3) is 0.375. The van der Waals surface area contributed by atoms with E-state index in [9.17, 15) is 14.4 Å². The number of nitrogens with one attached hydrogen (secondary N) is 3. The van der Waals surface area contributed by atoms with Crippen LogP contribution in [-0.4, -0.2) is 37.0 Å². The third-order valence-corrected chi connectivity index (χ3v) is 5.15. The maximum Gasteiger partial charge on any atom is 0.328 e. The quantitative estimate of drug-likeness (QED) is 0.567. The summed E-state index contributed by atoms with van der Waals surface area (Å²) in [5.74, 6) is -0.968. The van der Waals surface area contributed by atoms with E-state index in [0.29, 0.717) is 11.3 Å². The van der Waals surface area contributed by atoms with Crippen LogP contribution in [0.2, 0.25) is 0 Å². The van der Waals surface area contributed by atoms with Gasteiger partial charge < -0.3 is 20.7 Å². The second-order valence-corrected chi connectivity index (χ2v) is 7.84. The fourth-order valence-corrected chi connectivity index (χ4v) is 3.45. The minimum atomic E-state index is -0.819. The number of esters is 1. The van der Waals surface area contributed by atoms with Crippen LogP contribution in [0.25, 0.3) is 0 Å². The van der Waals surface area contributed by atoms with Gasteiger partial charge in [-0.05, 0) is 42.7 Å². The van der Waals surface area contributed by atoms with Crippen molar-refractivity contribution in [3.05, 3.63) is 59.2 Å². The molecule has 3 rings (SSSR count). The zero-order chi connectivity index (χ0) is 22.4. The molecule has 2 aromatic rings. The van der Waals surface area contributed by atoms with E-state index in [4.69, 9.17) is 4.74 Å². The smallest absolute Gasteiger partial charge is 0.328 e. The van der Waals surface area contributed by atoms with Crippen LogP contribution < -0.4 is 16.0 Å². The number of ether oxygens (including phenoxy) is 1. The molecule has 0 saturated heterocycles. The molecule has 31 heavy (non-hydrogen) atoms. The topological polar surface area (TPSA) is 96.5 Å². The first-order valence-electron chi connectivity index (χ1n) is 10.6. The Labute approximate surface area is 182 Å². The molecule has 0 aliphatic carbocycles. The van der Waals surface area contributed by atoms with Gasteiger partial charge in [-0.15, -0.1) is 0 Å². The number of anilines is 2. The van der Waals surface area contributed by atoms with E-state index in [2.05, 4.69) is 16.0 Å². The summed E-state index contributed by atoms with van der Waals surface area (Å²) in [5.41, 5.74) is 3.98. The van der Waals surface area contributed by atoms with Crippen molar-refractivity contribution in [2.24, 2.45) is 5.92 Å². The third-order valence-electron chi connectivity index (χ3n) is 5.15. The number of fused-ring (bicyclic) bond motifs is 1. The molecule has 7 heteroatoms. The van der Waals surface area contributed by atoms with Crippen molar-refractivity contribution in [1.29, 1.82) is 0 Å². The first kappa shape index (κ1) is 22.3. The van der Waals surface area contributed by atoms with Gasteiger partial charge in [0.1, 0.15) is 6.04 Å². The molecule has 0 unspecified atom stereocenters. The first-order valence-corrected chi connectivity index (χ1v) is 10.6. The van der Waals surface area contributed by atoms with Crippen LogP contribution in [-0.2, 0) is 27.2 Å². The van der Waals surface area contributed by atoms with Crippen molar-refractivity contribution >= 4 is 29.2 Å². The van der Waals surface area contributed by atoms with Crippen LogP contribution in [0.3, 0.4) is 0 Å². The molecule has 1 atom stereocenters. The molecule has 2 aromatic carbocycles. The van der Waals surface area contributed by atoms with Gasteiger partial charge in [0.15, 0.2) is 0 Å². The number of amides is 2. The van der Waals surface area contributed by atoms with Crippen LogP contribution >= 0.6 is 0 Å². The average Bonchev–Trinajstić information content (AvgIpc) is 3.23. The van der Waals surface area contributed by atoms with Gasteiger partial charge in [0.25, 0.3) is 5.91 Å². The van der Waals surface area contributed by atoms with Gasteiger partial charge in [-0.1, -0.05) is 38.1 Å². The summed E-state index contributed by atoms with van der Waals surface area (Å²) in [5, 5.41) is 8.91. The second kappa shape index (κ2) is 10.1. The molecular formula is C24H29N3O4. The molecule has 0 radical (unpaired) electrons. The maximum absolute atomic E-state index is 12.9. The summed E-state index contributed by atoms with van der Waals surface area (Å²) in [6, 6.07) is 12.0. The molecule has 0 fully saturated rings. The van der Waals surface area contributed by atoms with Gasteiger partial charge in [0.05, 0.1) is 17.9 Å². The highest BCUT2D eigenvalue weighted by Crippen LogP contribution is 2.26. The lowest BCUT2D eigenvalue weighted by atomic mass is 10.0. The predicted octanol–water partition coefficient (Wildman–Crippen LogP) is 3.15. The van der Waals surface area contributed by atoms with E-state index in [0.717, 1.165) is 29.8 Å². The molecule has 3 N–H and O–H groups in total. The van der Waals surface area contributed by atoms with Crippen LogP contribution in [0.1, 0.15) is 42.3 Å². The molecule has 164 valence electrons. The Kier molecular flexibility index (Phi) is 7.28. The average molecular weight is 424 g/mol. The number of rotatable bonds is 8. The van der Waals surface area contributed by atoms with E-state index < -0.39 is 12.0 Å². The Morgan fingerprint density at radius 1 is 1.10 bits per heavy atom. The van der Waals surface area contributed by atoms with Gasteiger partial charge in [0, 0.05) is 24.6 Å². The third kappa shape index (κ3) is 5.63. The molecule has 0 bridgehead atoms. The number of benzene rings is 2. The maximum atomic E-state index is 12.9. The Morgan fingerprint density at radius 2 is 1.84 bits per heavy atom. The Hall–Kier alpha value is -3.35. The van der Waals surface area contributed by atoms with Crippen LogP contribution in [0.15, 0.2) is 42.5 Å². The largest absolute Gasteiger partial charge is 0.464 e. The molecule has 2 amide bonds. The van der Waals surface area contributed by atoms with E-state index in [1.165, 1.54) is 0 Å². The zero-order valence-electron chi connectivity index (χ0n) is 18.2. The second-order valence-electron chi connectivity index (χ2n) is 7.84. The standard InChI is InChI=1S/C24H29N3O4/c1-4-31-24(30)20(14-16-8-10-18(11-9-16)26-22(28)15(2)3)27-23(29)19-7-5-6-17-12-13-25-21(17)19/h5-11,15,20,25H,4,12-14H2,1-3H3,(H,26,28)(H,27,29)/t20-/m0/s1. The lowest BCUT2D eigenvalue weighted by Crippen LogP contribution is -2.43. The predicted molar refractivity (Wildman–Crippen MR) is 120 cm³/mol. The number of hydrogen-bond acceptors (Lipinski definition) is 5. The normalized spacial score (nSPS) is 13.2. The zero-order valence-corrected chi connectivity index (χ0v) is 18.2. The molecule has 7 nitrogen and oxygen atoms in total. The SMILES string of the molecule is CCOC(=O)[C@H](Cc1ccc(NC(=O)C(C)C)cc1)NC(=O)c1cccc2c1NCC2. The van der Waals surface area contributed by atoms with Crippen LogP contribution in [0.5, 0.6) is 0 Å². The number of para-hydroxylation sites is 1. The number of carbonyl (C=O) groups excluding carboxylic acids is 3. The summed E-state index contributed by atoms with van der Waals surface area (Å²) in [7, 11) is 0. The van der Waals surface area contributed by atoms with E-state index >= 15 is 0 Å². The lowest BCUT2D eigenvalue weighted by molar-refractivity contribution is -0.145. The van der Waals surface area contributed by atoms with Crippen molar-refractivity contribution < 1.29 is 19.1 Å². The van der Waals surface area contributed by atoms with E-state index in [1.54, 1.807) is 25.1 Å². The molecule has 1 aliphatic rings. The van der Waals surface area contributed by atoms with E-state index in [1.807, 2.05) is 38.1 Å². The molecule has 0 aromatic heterocycles. The molecule has 0 spiro atoms. The fourth-order valence-electron chi connectivity index (χ4n) is 3.45. The lowest BCUT2D eigenvalue weighted by Gasteiger charge is -2.19. The summed E-state index contributed by atoms with van der Waals surface area (Å²) in [4.78, 5) is 37.3. The molecule has 1 aliphatic heterocycles. The molecule has 0 saturated carbocycles. The Balaban J connectivity index is 1.73. The monoisotopic (exact) mass is 423 g/mol. The minimum Gasteiger partial charge on any atom is -0.464 e. The van der Waals surface area contributed by atoms with Gasteiger partial charge >= 0.3 is 5.97 Å². The van der Waals surface area contributed by atoms with Gasteiger partial charge in [0.2, 0.25) is 5.91 Å². The van der Waals surface area contributed by atoms with Crippen molar-refractivity contribution in [2.45, 2.75) is 39.7 Å². The van der Waals surface area contributed by atoms with Crippen LogP contribution in [0, 0.1) is 5.92 Å². The van der Waals surface area contributed by atoms with Gasteiger partial charge in [-0.3, -0.25) is 9.59 Å². The Morgan fingerprint density at radius 3 is 2.52 bits per heavy atom. The first-order chi connectivity index (χ1) is 14.9. The Bertz CT molecular complexity index is 954. The molecular weight excluding hydrogens is 394 g/mol. The van der Waals surface area contributed by atoms with Crippen molar-refractivity contribution in [3.8, 4) is 0 Å². The van der Waals surface area contributed by atoms with Crippen molar-refractivity contribution in [2.75, 3.05) is 23.8 Å². The summed E-state index contributed by atoms with van der Waals surface area (Å²) in [6.45, 7) is 6.41. The highest BCUT2D eigenvalue weighted by molar-refractivity contribution is 6.02. The highest BCUT2D eigenvalue weighted by atomic mass is 16.5. The van der Waals surface area contributed by atoms with Crippen molar-refractivity contribution in [3.63, 3.8) is 0 Å². The summed E-state index contributed by atoms with van der Waals surface area (Å²) in [6.07, 6.45) is 1.16. The highest BCUT2D eigenvalue weighted by Gasteiger charge is 2.26. The number of hydrogen-bond donors (Lipinski definition) is 3. The minimum absolute atomic E-state index is 0.0617. The number of carbonyl (C=O) groups is 3. The summed E-state index contributed by atoms with van der Waals surface area (Å²) >= 11 is 0. The van der Waals surface area contributed by atoms with E-state index in [-0.39, 0.29) is 30.8 Å². The van der Waals surface area contributed by atoms with Crippen molar-refractivity contribution in [1.82, 2.24) is 5.32 Å². The summed E-state index contributed by atoms with van der Waals surface area (Å²) < 4.78 is 5.18. The van der Waals surface area contributed by atoms with Gasteiger partial charge in [-0.2, -0.15) is 0 Å². The van der Waals surface area contributed by atoms with Gasteiger partial charge in [-0.25, -0.2) is 4.79 Å².